The molecule has 2 rings (SSSR count). The zero-order valence-corrected chi connectivity index (χ0v) is 19.8. The van der Waals surface area contributed by atoms with Crippen molar-refractivity contribution in [3.8, 4) is 5.75 Å². The second-order valence-corrected chi connectivity index (χ2v) is 7.30. The number of benzene rings is 1. The van der Waals surface area contributed by atoms with Crippen LogP contribution in [0.25, 0.3) is 0 Å². The van der Waals surface area contributed by atoms with E-state index in [0.29, 0.717) is 24.6 Å². The summed E-state index contributed by atoms with van der Waals surface area (Å²) in [6.07, 6.45) is -2.07. The maximum absolute atomic E-state index is 12.2. The number of aliphatic imine (C=N–C) groups is 1. The summed E-state index contributed by atoms with van der Waals surface area (Å²) >= 11 is 1.69. The van der Waals surface area contributed by atoms with Crippen LogP contribution < -0.4 is 15.4 Å². The Bertz CT molecular complexity index is 785. The normalized spacial score (nSPS) is 12.8. The fourth-order valence-electron chi connectivity index (χ4n) is 2.43. The first-order valence-electron chi connectivity index (χ1n) is 9.30. The quantitative estimate of drug-likeness (QED) is 0.246. The highest BCUT2D eigenvalue weighted by atomic mass is 127. The Balaban J connectivity index is 0.00000450. The average molecular weight is 558 g/mol. The Morgan fingerprint density at radius 3 is 2.50 bits per heavy atom. The van der Waals surface area contributed by atoms with E-state index in [4.69, 9.17) is 0 Å². The molecule has 1 heterocycles. The highest BCUT2D eigenvalue weighted by Crippen LogP contribution is 2.24. The molecule has 0 aliphatic rings. The Hall–Kier alpha value is -1.60. The molecule has 30 heavy (non-hydrogen) atoms. The van der Waals surface area contributed by atoms with Gasteiger partial charge >= 0.3 is 6.36 Å². The van der Waals surface area contributed by atoms with Gasteiger partial charge in [-0.25, -0.2) is 4.98 Å². The van der Waals surface area contributed by atoms with E-state index in [1.165, 1.54) is 17.0 Å². The third kappa shape index (κ3) is 9.47. The van der Waals surface area contributed by atoms with E-state index in [1.807, 2.05) is 13.1 Å². The molecule has 3 N–H and O–H groups in total. The minimum atomic E-state index is -4.74. The standard InChI is InChI=1S/C19H25F3N4O2S.HI/c1-3-15-11-25-17(29-15)9-10-24-18(23-4-2)26-12-16(27)13-5-7-14(8-6-13)28-19(20,21)22;/h5-8,11,16,27H,3-4,9-10,12H2,1-2H3,(H2,23,24,26);1H. The van der Waals surface area contributed by atoms with Gasteiger partial charge in [-0.15, -0.1) is 48.5 Å². The highest BCUT2D eigenvalue weighted by molar-refractivity contribution is 14.0. The van der Waals surface area contributed by atoms with Crippen LogP contribution in [0.2, 0.25) is 0 Å². The van der Waals surface area contributed by atoms with E-state index in [9.17, 15) is 18.3 Å². The van der Waals surface area contributed by atoms with Crippen molar-refractivity contribution in [1.82, 2.24) is 15.6 Å². The first-order chi connectivity index (χ1) is 13.8. The number of halogens is 4. The first-order valence-corrected chi connectivity index (χ1v) is 10.1. The van der Waals surface area contributed by atoms with E-state index in [-0.39, 0.29) is 36.3 Å². The van der Waals surface area contributed by atoms with E-state index in [0.717, 1.165) is 30.0 Å². The van der Waals surface area contributed by atoms with Gasteiger partial charge in [-0.05, 0) is 31.0 Å². The van der Waals surface area contributed by atoms with E-state index in [2.05, 4.69) is 32.3 Å². The smallest absolute Gasteiger partial charge is 0.406 e. The maximum atomic E-state index is 12.2. The molecule has 0 saturated carbocycles. The third-order valence-electron chi connectivity index (χ3n) is 3.85. The van der Waals surface area contributed by atoms with E-state index >= 15 is 0 Å². The summed E-state index contributed by atoms with van der Waals surface area (Å²) in [5.41, 5.74) is 0.453. The van der Waals surface area contributed by atoms with Crippen molar-refractivity contribution < 1.29 is 23.0 Å². The molecule has 0 aliphatic heterocycles. The molecule has 1 unspecified atom stereocenters. The number of alkyl halides is 3. The molecule has 0 radical (unpaired) electrons. The van der Waals surface area contributed by atoms with Gasteiger partial charge in [-0.3, -0.25) is 4.99 Å². The van der Waals surface area contributed by atoms with Gasteiger partial charge in [0.05, 0.1) is 17.7 Å². The number of aliphatic hydroxyl groups excluding tert-OH is 1. The number of guanidine groups is 1. The fraction of sp³-hybridized carbons (Fsp3) is 0.474. The minimum absolute atomic E-state index is 0. The molecule has 168 valence electrons. The second-order valence-electron chi connectivity index (χ2n) is 6.10. The zero-order chi connectivity index (χ0) is 21.3. The number of nitrogens with one attached hydrogen (secondary N) is 2. The topological polar surface area (TPSA) is 78.8 Å². The molecule has 1 atom stereocenters. The van der Waals surface area contributed by atoms with Crippen LogP contribution >= 0.6 is 35.3 Å². The van der Waals surface area contributed by atoms with Crippen molar-refractivity contribution in [1.29, 1.82) is 0 Å². The lowest BCUT2D eigenvalue weighted by molar-refractivity contribution is -0.274. The van der Waals surface area contributed by atoms with Crippen molar-refractivity contribution in [3.63, 3.8) is 0 Å². The number of aliphatic hydroxyl groups is 1. The summed E-state index contributed by atoms with van der Waals surface area (Å²) in [6.45, 7) is 5.38. The van der Waals surface area contributed by atoms with Gasteiger partial charge in [0.2, 0.25) is 0 Å². The highest BCUT2D eigenvalue weighted by Gasteiger charge is 2.31. The number of aryl methyl sites for hydroxylation is 1. The van der Waals surface area contributed by atoms with Crippen molar-refractivity contribution in [2.75, 3.05) is 19.6 Å². The van der Waals surface area contributed by atoms with Crippen LogP contribution in [0.1, 0.15) is 35.4 Å². The van der Waals surface area contributed by atoms with Crippen LogP contribution in [-0.4, -0.2) is 42.0 Å². The van der Waals surface area contributed by atoms with Gasteiger partial charge in [0.15, 0.2) is 5.96 Å². The molecule has 0 fully saturated rings. The molecule has 1 aromatic heterocycles. The van der Waals surface area contributed by atoms with E-state index < -0.39 is 12.5 Å². The van der Waals surface area contributed by atoms with Crippen LogP contribution in [-0.2, 0) is 12.8 Å². The zero-order valence-electron chi connectivity index (χ0n) is 16.7. The summed E-state index contributed by atoms with van der Waals surface area (Å²) in [5.74, 6) is 0.219. The largest absolute Gasteiger partial charge is 0.573 e. The summed E-state index contributed by atoms with van der Waals surface area (Å²) in [4.78, 5) is 9.96. The molecular formula is C19H26F3IN4O2S. The van der Waals surface area contributed by atoms with Crippen molar-refractivity contribution in [2.24, 2.45) is 4.99 Å². The van der Waals surface area contributed by atoms with Gasteiger partial charge in [0.25, 0.3) is 0 Å². The lowest BCUT2D eigenvalue weighted by atomic mass is 10.1. The number of rotatable bonds is 9. The minimum Gasteiger partial charge on any atom is -0.406 e. The number of hydrogen-bond donors (Lipinski definition) is 3. The number of hydrogen-bond acceptors (Lipinski definition) is 5. The molecule has 2 aromatic rings. The Kier molecular flexibility index (Phi) is 11.4. The number of ether oxygens (including phenoxy) is 1. The maximum Gasteiger partial charge on any atom is 0.573 e. The van der Waals surface area contributed by atoms with Crippen molar-refractivity contribution >= 4 is 41.3 Å². The van der Waals surface area contributed by atoms with Gasteiger partial charge in [0.1, 0.15) is 5.75 Å². The van der Waals surface area contributed by atoms with E-state index in [1.54, 1.807) is 11.3 Å². The Morgan fingerprint density at radius 1 is 1.23 bits per heavy atom. The molecule has 0 amide bonds. The molecule has 0 saturated heterocycles. The molecular weight excluding hydrogens is 532 g/mol. The fourth-order valence-corrected chi connectivity index (χ4v) is 3.29. The molecule has 1 aromatic carbocycles. The van der Waals surface area contributed by atoms with Crippen molar-refractivity contribution in [3.05, 3.63) is 45.9 Å². The van der Waals surface area contributed by atoms with Gasteiger partial charge in [0, 0.05) is 30.6 Å². The first kappa shape index (κ1) is 26.4. The van der Waals surface area contributed by atoms with Crippen LogP contribution in [0.5, 0.6) is 5.75 Å². The molecule has 0 spiro atoms. The van der Waals surface area contributed by atoms with Gasteiger partial charge < -0.3 is 20.5 Å². The second kappa shape index (κ2) is 13.0. The summed E-state index contributed by atoms with van der Waals surface area (Å²) in [6, 6.07) is 5.10. The number of nitrogens with zero attached hydrogens (tertiary/aromatic N) is 2. The summed E-state index contributed by atoms with van der Waals surface area (Å²) < 4.78 is 40.4. The predicted octanol–water partition coefficient (Wildman–Crippen LogP) is 4.05. The van der Waals surface area contributed by atoms with Gasteiger partial charge in [-0.1, -0.05) is 19.1 Å². The Labute approximate surface area is 195 Å². The lowest BCUT2D eigenvalue weighted by Gasteiger charge is -2.14. The number of aromatic nitrogens is 1. The van der Waals surface area contributed by atoms with Crippen molar-refractivity contribution in [2.45, 2.75) is 39.2 Å². The molecule has 6 nitrogen and oxygen atoms in total. The third-order valence-corrected chi connectivity index (χ3v) is 5.05. The SMILES string of the molecule is CCNC(=NCC(O)c1ccc(OC(F)(F)F)cc1)NCCc1ncc(CC)s1.I. The molecule has 0 aliphatic carbocycles. The summed E-state index contributed by atoms with van der Waals surface area (Å²) in [5, 5.41) is 17.6. The van der Waals surface area contributed by atoms with Gasteiger partial charge in [-0.2, -0.15) is 0 Å². The monoisotopic (exact) mass is 558 g/mol. The van der Waals surface area contributed by atoms with Crippen LogP contribution in [0.15, 0.2) is 35.5 Å². The molecule has 11 heteroatoms. The average Bonchev–Trinajstić information content (AvgIpc) is 3.13. The van der Waals surface area contributed by atoms with Crippen LogP contribution in [0, 0.1) is 0 Å². The predicted molar refractivity (Wildman–Crippen MR) is 123 cm³/mol. The van der Waals surface area contributed by atoms with Crippen LogP contribution in [0.4, 0.5) is 13.2 Å². The Morgan fingerprint density at radius 2 is 1.93 bits per heavy atom. The molecule has 0 bridgehead atoms. The van der Waals surface area contributed by atoms with Crippen LogP contribution in [0.3, 0.4) is 0 Å². The lowest BCUT2D eigenvalue weighted by Crippen LogP contribution is -2.38. The number of thiazole rings is 1. The summed E-state index contributed by atoms with van der Waals surface area (Å²) in [7, 11) is 0.